The van der Waals surface area contributed by atoms with Crippen molar-refractivity contribution in [2.75, 3.05) is 26.2 Å². The van der Waals surface area contributed by atoms with Crippen LogP contribution in [0.3, 0.4) is 0 Å². The van der Waals surface area contributed by atoms with Crippen molar-refractivity contribution in [3.05, 3.63) is 0 Å². The number of aliphatic imine (C=N–C) groups is 1. The van der Waals surface area contributed by atoms with Gasteiger partial charge in [0, 0.05) is 12.6 Å². The van der Waals surface area contributed by atoms with Crippen LogP contribution in [-0.2, 0) is 0 Å². The van der Waals surface area contributed by atoms with Gasteiger partial charge in [0.2, 0.25) is 0 Å². The number of rotatable bonds is 5. The first-order valence-electron chi connectivity index (χ1n) is 9.03. The van der Waals surface area contributed by atoms with E-state index in [0.29, 0.717) is 12.0 Å². The summed E-state index contributed by atoms with van der Waals surface area (Å²) in [5.74, 6) is 1.58. The molecule has 0 aromatic carbocycles. The van der Waals surface area contributed by atoms with Crippen LogP contribution in [0.15, 0.2) is 4.99 Å². The molecule has 3 N–H and O–H groups in total. The Morgan fingerprint density at radius 2 is 1.73 bits per heavy atom. The van der Waals surface area contributed by atoms with Crippen LogP contribution in [0, 0.1) is 5.92 Å². The van der Waals surface area contributed by atoms with Crippen molar-refractivity contribution in [1.82, 2.24) is 10.2 Å². The van der Waals surface area contributed by atoms with Crippen molar-refractivity contribution < 1.29 is 0 Å². The number of guanidine groups is 1. The molecule has 0 amide bonds. The van der Waals surface area contributed by atoms with Crippen LogP contribution >= 0.6 is 24.0 Å². The molecule has 0 aromatic heterocycles. The summed E-state index contributed by atoms with van der Waals surface area (Å²) >= 11 is 0. The Balaban J connectivity index is 0.00000242. The topological polar surface area (TPSA) is 53.6 Å². The van der Waals surface area contributed by atoms with Gasteiger partial charge in [-0.15, -0.1) is 24.0 Å². The number of likely N-dealkylation sites (tertiary alicyclic amines) is 1. The predicted molar refractivity (Wildman–Crippen MR) is 106 cm³/mol. The maximum absolute atomic E-state index is 6.02. The molecule has 0 atom stereocenters. The maximum Gasteiger partial charge on any atom is 0.188 e. The molecule has 0 radical (unpaired) electrons. The van der Waals surface area contributed by atoms with Crippen LogP contribution in [0.4, 0.5) is 0 Å². The van der Waals surface area contributed by atoms with Gasteiger partial charge in [0.15, 0.2) is 5.96 Å². The zero-order valence-corrected chi connectivity index (χ0v) is 16.6. The first-order chi connectivity index (χ1) is 10.2. The van der Waals surface area contributed by atoms with Crippen molar-refractivity contribution in [3.8, 4) is 0 Å². The fourth-order valence-electron chi connectivity index (χ4n) is 3.46. The van der Waals surface area contributed by atoms with E-state index in [1.54, 1.807) is 0 Å². The van der Waals surface area contributed by atoms with Crippen molar-refractivity contribution in [3.63, 3.8) is 0 Å². The first kappa shape index (κ1) is 20.0. The van der Waals surface area contributed by atoms with Crippen LogP contribution in [0.2, 0.25) is 0 Å². The smallest absolute Gasteiger partial charge is 0.188 e. The van der Waals surface area contributed by atoms with Gasteiger partial charge in [-0.2, -0.15) is 0 Å². The molecule has 1 saturated carbocycles. The van der Waals surface area contributed by atoms with E-state index in [0.717, 1.165) is 18.9 Å². The summed E-state index contributed by atoms with van der Waals surface area (Å²) < 4.78 is 0. The normalized spacial score (nSPS) is 22.9. The molecule has 0 spiro atoms. The molecule has 4 nitrogen and oxygen atoms in total. The molecule has 2 rings (SSSR count). The standard InChI is InChI=1S/C17H34N4.HI/c1-15-9-13-21(14-10-15)12-6-11-19-17(18)20-16-7-4-2-3-5-8-16;/h15-16H,2-14H2,1H3,(H3,18,19,20);1H. The Kier molecular flexibility index (Phi) is 10.4. The van der Waals surface area contributed by atoms with Crippen LogP contribution in [0.1, 0.15) is 64.7 Å². The van der Waals surface area contributed by atoms with Gasteiger partial charge in [-0.1, -0.05) is 32.6 Å². The van der Waals surface area contributed by atoms with Crippen LogP contribution < -0.4 is 11.1 Å². The summed E-state index contributed by atoms with van der Waals surface area (Å²) in [6.45, 7) is 6.92. The number of nitrogens with zero attached hydrogens (tertiary/aromatic N) is 2. The average Bonchev–Trinajstić information content (AvgIpc) is 2.74. The van der Waals surface area contributed by atoms with Gasteiger partial charge in [0.05, 0.1) is 0 Å². The molecule has 22 heavy (non-hydrogen) atoms. The number of nitrogens with one attached hydrogen (secondary N) is 1. The van der Waals surface area contributed by atoms with Crippen LogP contribution in [-0.4, -0.2) is 43.1 Å². The Hall–Kier alpha value is -0.0400. The SMILES string of the molecule is CC1CCN(CCCN=C(N)NC2CCCCCC2)CC1.I. The fraction of sp³-hybridized carbons (Fsp3) is 0.941. The fourth-order valence-corrected chi connectivity index (χ4v) is 3.46. The molecule has 0 bridgehead atoms. The quantitative estimate of drug-likeness (QED) is 0.235. The second-order valence-corrected chi connectivity index (χ2v) is 6.98. The van der Waals surface area contributed by atoms with Gasteiger partial charge in [-0.25, -0.2) is 0 Å². The van der Waals surface area contributed by atoms with Gasteiger partial charge in [0.25, 0.3) is 0 Å². The highest BCUT2D eigenvalue weighted by molar-refractivity contribution is 14.0. The molecule has 2 aliphatic rings. The van der Waals surface area contributed by atoms with E-state index in [4.69, 9.17) is 5.73 Å². The maximum atomic E-state index is 6.02. The second kappa shape index (κ2) is 11.5. The molecule has 0 aromatic rings. The third kappa shape index (κ3) is 7.99. The second-order valence-electron chi connectivity index (χ2n) is 6.98. The molecule has 1 heterocycles. The highest BCUT2D eigenvalue weighted by Gasteiger charge is 2.15. The summed E-state index contributed by atoms with van der Waals surface area (Å²) in [6.07, 6.45) is 11.8. The Morgan fingerprint density at radius 1 is 1.09 bits per heavy atom. The number of piperidine rings is 1. The monoisotopic (exact) mass is 422 g/mol. The minimum atomic E-state index is 0. The molecule has 5 heteroatoms. The van der Waals surface area contributed by atoms with Crippen LogP contribution in [0.5, 0.6) is 0 Å². The summed E-state index contributed by atoms with van der Waals surface area (Å²) in [5.41, 5.74) is 6.02. The van der Waals surface area contributed by atoms with Gasteiger partial charge < -0.3 is 16.0 Å². The van der Waals surface area contributed by atoms with Crippen molar-refractivity contribution in [1.29, 1.82) is 0 Å². The molecule has 1 aliphatic heterocycles. The minimum absolute atomic E-state index is 0. The van der Waals surface area contributed by atoms with E-state index in [1.165, 1.54) is 71.0 Å². The third-order valence-corrected chi connectivity index (χ3v) is 5.00. The van der Waals surface area contributed by atoms with E-state index >= 15 is 0 Å². The molecular formula is C17H35IN4. The van der Waals surface area contributed by atoms with E-state index in [1.807, 2.05) is 0 Å². The van der Waals surface area contributed by atoms with E-state index < -0.39 is 0 Å². The molecule has 1 aliphatic carbocycles. The lowest BCUT2D eigenvalue weighted by atomic mass is 9.99. The van der Waals surface area contributed by atoms with Crippen LogP contribution in [0.25, 0.3) is 0 Å². The van der Waals surface area contributed by atoms with Gasteiger partial charge >= 0.3 is 0 Å². The minimum Gasteiger partial charge on any atom is -0.370 e. The van der Waals surface area contributed by atoms with E-state index in [9.17, 15) is 0 Å². The zero-order chi connectivity index (χ0) is 14.9. The number of nitrogens with two attached hydrogens (primary N) is 1. The van der Waals surface area contributed by atoms with E-state index in [-0.39, 0.29) is 24.0 Å². The van der Waals surface area contributed by atoms with Crippen molar-refractivity contribution in [2.24, 2.45) is 16.6 Å². The Bertz CT molecular complexity index is 306. The van der Waals surface area contributed by atoms with Gasteiger partial charge in [-0.3, -0.25) is 4.99 Å². The first-order valence-corrected chi connectivity index (χ1v) is 9.03. The lowest BCUT2D eigenvalue weighted by Crippen LogP contribution is -2.40. The summed E-state index contributed by atoms with van der Waals surface area (Å²) in [6, 6.07) is 0.555. The predicted octanol–water partition coefficient (Wildman–Crippen LogP) is 3.35. The number of halogens is 1. The molecular weight excluding hydrogens is 387 g/mol. The van der Waals surface area contributed by atoms with Crippen molar-refractivity contribution in [2.45, 2.75) is 70.8 Å². The molecule has 1 saturated heterocycles. The lowest BCUT2D eigenvalue weighted by molar-refractivity contribution is 0.192. The van der Waals surface area contributed by atoms with Gasteiger partial charge in [0.1, 0.15) is 0 Å². The Labute approximate surface area is 153 Å². The van der Waals surface area contributed by atoms with Gasteiger partial charge in [-0.05, 0) is 57.7 Å². The highest BCUT2D eigenvalue weighted by atomic mass is 127. The highest BCUT2D eigenvalue weighted by Crippen LogP contribution is 2.17. The summed E-state index contributed by atoms with van der Waals surface area (Å²) in [5, 5.41) is 3.42. The largest absolute Gasteiger partial charge is 0.370 e. The van der Waals surface area contributed by atoms with Crippen molar-refractivity contribution >= 4 is 29.9 Å². The third-order valence-electron chi connectivity index (χ3n) is 5.00. The average molecular weight is 422 g/mol. The Morgan fingerprint density at radius 3 is 2.36 bits per heavy atom. The number of hydrogen-bond acceptors (Lipinski definition) is 2. The molecule has 2 fully saturated rings. The zero-order valence-electron chi connectivity index (χ0n) is 14.2. The molecule has 130 valence electrons. The summed E-state index contributed by atoms with van der Waals surface area (Å²) in [7, 11) is 0. The molecule has 0 unspecified atom stereocenters. The summed E-state index contributed by atoms with van der Waals surface area (Å²) in [4.78, 5) is 7.08. The number of hydrogen-bond donors (Lipinski definition) is 2. The lowest BCUT2D eigenvalue weighted by Gasteiger charge is -2.29. The van der Waals surface area contributed by atoms with E-state index in [2.05, 4.69) is 22.1 Å².